The molecule has 0 fully saturated rings. The number of nitrogens with one attached hydrogen (secondary N) is 1. The number of ether oxygens (including phenoxy) is 1. The molecule has 1 N–H and O–H groups in total. The van der Waals surface area contributed by atoms with E-state index < -0.39 is 0 Å². The maximum atomic E-state index is 5.91. The number of hydrogen-bond donors (Lipinski definition) is 1. The predicted molar refractivity (Wildman–Crippen MR) is 119 cm³/mol. The Labute approximate surface area is 180 Å². The van der Waals surface area contributed by atoms with Crippen LogP contribution in [0.15, 0.2) is 77.3 Å². The van der Waals surface area contributed by atoms with Crippen molar-refractivity contribution < 1.29 is 4.74 Å². The quantitative estimate of drug-likeness (QED) is 0.406. The normalized spacial score (nSPS) is 11.5. The highest BCUT2D eigenvalue weighted by Gasteiger charge is 2.07. The second kappa shape index (κ2) is 10.7. The summed E-state index contributed by atoms with van der Waals surface area (Å²) < 4.78 is 6.86. The lowest BCUT2D eigenvalue weighted by atomic mass is 10.1. The maximum absolute atomic E-state index is 5.91. The molecule has 0 saturated heterocycles. The third-order valence-electron chi connectivity index (χ3n) is 4.22. The molecule has 0 radical (unpaired) electrons. The van der Waals surface area contributed by atoms with E-state index >= 15 is 0 Å². The summed E-state index contributed by atoms with van der Waals surface area (Å²) in [6, 6.07) is 24.6. The first kappa shape index (κ1) is 21.8. The molecule has 3 aromatic rings. The van der Waals surface area contributed by atoms with Crippen molar-refractivity contribution in [1.82, 2.24) is 5.32 Å². The Balaban J connectivity index is 0.00000261. The van der Waals surface area contributed by atoms with Gasteiger partial charge in [-0.25, -0.2) is 0 Å². The summed E-state index contributed by atoms with van der Waals surface area (Å²) in [5, 5.41) is 4.28. The highest BCUT2D eigenvalue weighted by atomic mass is 79.9. The van der Waals surface area contributed by atoms with Gasteiger partial charge in [-0.3, -0.25) is 0 Å². The first-order chi connectivity index (χ1) is 12.6. The lowest BCUT2D eigenvalue weighted by molar-refractivity contribution is 0.304. The summed E-state index contributed by atoms with van der Waals surface area (Å²) in [6.07, 6.45) is 0. The van der Waals surface area contributed by atoms with E-state index in [2.05, 4.69) is 64.6 Å². The van der Waals surface area contributed by atoms with Gasteiger partial charge in [0.15, 0.2) is 0 Å². The van der Waals surface area contributed by atoms with Crippen LogP contribution in [0.2, 0.25) is 5.02 Å². The predicted octanol–water partition coefficient (Wildman–Crippen LogP) is 6.95. The molecule has 3 rings (SSSR count). The standard InChI is InChI=1S/C22H21BrClNO.ClH/c1-16(19-5-3-2-4-6-19)25-14-18-9-12-22(21(23)13-18)26-15-17-7-10-20(24)11-8-17;/h2-13,16,25H,14-15H2,1H3;1H. The summed E-state index contributed by atoms with van der Waals surface area (Å²) in [5.74, 6) is 0.833. The molecule has 1 atom stereocenters. The minimum atomic E-state index is 0. The molecule has 0 aliphatic heterocycles. The van der Waals surface area contributed by atoms with E-state index in [0.29, 0.717) is 12.6 Å². The molecule has 27 heavy (non-hydrogen) atoms. The van der Waals surface area contributed by atoms with Gasteiger partial charge in [0.2, 0.25) is 0 Å². The van der Waals surface area contributed by atoms with E-state index in [-0.39, 0.29) is 12.4 Å². The summed E-state index contributed by atoms with van der Waals surface area (Å²) in [6.45, 7) is 3.48. The van der Waals surface area contributed by atoms with Gasteiger partial charge >= 0.3 is 0 Å². The molecular formula is C22H22BrCl2NO. The van der Waals surface area contributed by atoms with Crippen molar-refractivity contribution in [1.29, 1.82) is 0 Å². The second-order valence-electron chi connectivity index (χ2n) is 6.19. The molecule has 2 nitrogen and oxygen atoms in total. The fourth-order valence-electron chi connectivity index (χ4n) is 2.64. The third kappa shape index (κ3) is 6.54. The van der Waals surface area contributed by atoms with E-state index in [9.17, 15) is 0 Å². The second-order valence-corrected chi connectivity index (χ2v) is 7.48. The van der Waals surface area contributed by atoms with E-state index in [1.807, 2.05) is 36.4 Å². The molecule has 0 aliphatic rings. The number of rotatable bonds is 7. The van der Waals surface area contributed by atoms with Gasteiger partial charge in [0.1, 0.15) is 12.4 Å². The summed E-state index contributed by atoms with van der Waals surface area (Å²) >= 11 is 9.52. The molecule has 0 bridgehead atoms. The average molecular weight is 467 g/mol. The van der Waals surface area contributed by atoms with Crippen molar-refractivity contribution in [3.8, 4) is 5.75 Å². The summed E-state index contributed by atoms with van der Waals surface area (Å²) in [4.78, 5) is 0. The smallest absolute Gasteiger partial charge is 0.134 e. The first-order valence-corrected chi connectivity index (χ1v) is 9.73. The van der Waals surface area contributed by atoms with Crippen LogP contribution in [0.1, 0.15) is 29.7 Å². The van der Waals surface area contributed by atoms with E-state index in [0.717, 1.165) is 27.4 Å². The minimum absolute atomic E-state index is 0. The molecule has 3 aromatic carbocycles. The van der Waals surface area contributed by atoms with Crippen molar-refractivity contribution in [3.05, 3.63) is 99.0 Å². The van der Waals surface area contributed by atoms with Gasteiger partial charge in [-0.1, -0.05) is 60.1 Å². The van der Waals surface area contributed by atoms with Gasteiger partial charge in [-0.05, 0) is 63.8 Å². The Kier molecular flexibility index (Phi) is 8.65. The van der Waals surface area contributed by atoms with Crippen LogP contribution in [0, 0.1) is 0 Å². The highest BCUT2D eigenvalue weighted by Crippen LogP contribution is 2.27. The van der Waals surface area contributed by atoms with Crippen LogP contribution in [0.4, 0.5) is 0 Å². The molecule has 0 saturated carbocycles. The zero-order valence-electron chi connectivity index (χ0n) is 15.0. The zero-order valence-corrected chi connectivity index (χ0v) is 18.2. The van der Waals surface area contributed by atoms with Gasteiger partial charge in [0.25, 0.3) is 0 Å². The Morgan fingerprint density at radius 1 is 0.963 bits per heavy atom. The van der Waals surface area contributed by atoms with E-state index in [1.54, 1.807) is 0 Å². The number of hydrogen-bond acceptors (Lipinski definition) is 2. The van der Waals surface area contributed by atoms with Crippen molar-refractivity contribution in [3.63, 3.8) is 0 Å². The molecule has 142 valence electrons. The summed E-state index contributed by atoms with van der Waals surface area (Å²) in [5.41, 5.74) is 3.58. The van der Waals surface area contributed by atoms with Crippen LogP contribution < -0.4 is 10.1 Å². The fourth-order valence-corrected chi connectivity index (χ4v) is 3.31. The molecular weight excluding hydrogens is 445 g/mol. The molecule has 0 amide bonds. The van der Waals surface area contributed by atoms with Gasteiger partial charge in [0.05, 0.1) is 4.47 Å². The molecule has 0 aliphatic carbocycles. The van der Waals surface area contributed by atoms with Crippen molar-refractivity contribution in [2.45, 2.75) is 26.1 Å². The minimum Gasteiger partial charge on any atom is -0.488 e. The van der Waals surface area contributed by atoms with Crippen LogP contribution in [0.25, 0.3) is 0 Å². The first-order valence-electron chi connectivity index (χ1n) is 8.56. The van der Waals surface area contributed by atoms with Crippen LogP contribution >= 0.6 is 39.9 Å². The SMILES string of the molecule is CC(NCc1ccc(OCc2ccc(Cl)cc2)c(Br)c1)c1ccccc1.Cl. The number of benzene rings is 3. The topological polar surface area (TPSA) is 21.3 Å². The van der Waals surface area contributed by atoms with Gasteiger partial charge in [-0.2, -0.15) is 0 Å². The number of halogens is 3. The molecule has 0 spiro atoms. The Bertz CT molecular complexity index is 841. The Morgan fingerprint density at radius 2 is 1.63 bits per heavy atom. The lowest BCUT2D eigenvalue weighted by Crippen LogP contribution is -2.17. The van der Waals surface area contributed by atoms with Crippen molar-refractivity contribution in [2.75, 3.05) is 0 Å². The van der Waals surface area contributed by atoms with Gasteiger partial charge in [0, 0.05) is 17.6 Å². The molecule has 5 heteroatoms. The van der Waals surface area contributed by atoms with Crippen LogP contribution in [-0.4, -0.2) is 0 Å². The van der Waals surface area contributed by atoms with E-state index in [1.165, 1.54) is 11.1 Å². The van der Waals surface area contributed by atoms with Crippen LogP contribution in [-0.2, 0) is 13.2 Å². The Hall–Kier alpha value is -1.52. The Morgan fingerprint density at radius 3 is 2.30 bits per heavy atom. The molecule has 0 aromatic heterocycles. The monoisotopic (exact) mass is 465 g/mol. The fraction of sp³-hybridized carbons (Fsp3) is 0.182. The van der Waals surface area contributed by atoms with Crippen molar-refractivity contribution in [2.24, 2.45) is 0 Å². The maximum Gasteiger partial charge on any atom is 0.134 e. The summed E-state index contributed by atoms with van der Waals surface area (Å²) in [7, 11) is 0. The zero-order chi connectivity index (χ0) is 18.4. The molecule has 1 unspecified atom stereocenters. The van der Waals surface area contributed by atoms with E-state index in [4.69, 9.17) is 16.3 Å². The van der Waals surface area contributed by atoms with Crippen molar-refractivity contribution >= 4 is 39.9 Å². The molecule has 0 heterocycles. The van der Waals surface area contributed by atoms with Crippen LogP contribution in [0.5, 0.6) is 5.75 Å². The third-order valence-corrected chi connectivity index (χ3v) is 5.09. The average Bonchev–Trinajstić information content (AvgIpc) is 2.67. The van der Waals surface area contributed by atoms with Crippen LogP contribution in [0.3, 0.4) is 0 Å². The van der Waals surface area contributed by atoms with Gasteiger partial charge < -0.3 is 10.1 Å². The van der Waals surface area contributed by atoms with Gasteiger partial charge in [-0.15, -0.1) is 12.4 Å². The highest BCUT2D eigenvalue weighted by molar-refractivity contribution is 9.10. The largest absolute Gasteiger partial charge is 0.488 e. The lowest BCUT2D eigenvalue weighted by Gasteiger charge is -2.15.